The maximum atomic E-state index is 12.0. The Bertz CT molecular complexity index is 398. The Morgan fingerprint density at radius 3 is 2.12 bits per heavy atom. The number of halogens is 1. The first-order valence-corrected chi connectivity index (χ1v) is 7.50. The maximum Gasteiger partial charge on any atom is 0.358 e. The standard InChI is InChI=1S/C11H16BrO4P/c1-8(9-4-6-10(12)7-5-9)11(13)17(14,15-2)16-3/h4-8,11,13H,1-3H3/t8-,11-/m1/s1. The van der Waals surface area contributed by atoms with Gasteiger partial charge in [-0.3, -0.25) is 4.57 Å². The summed E-state index contributed by atoms with van der Waals surface area (Å²) in [7, 11) is -0.930. The van der Waals surface area contributed by atoms with E-state index in [1.165, 1.54) is 14.2 Å². The lowest BCUT2D eigenvalue weighted by Crippen LogP contribution is -2.18. The van der Waals surface area contributed by atoms with Gasteiger partial charge in [0.05, 0.1) is 0 Å². The van der Waals surface area contributed by atoms with E-state index in [4.69, 9.17) is 9.05 Å². The quantitative estimate of drug-likeness (QED) is 0.844. The summed E-state index contributed by atoms with van der Waals surface area (Å²) in [5.41, 5.74) is 0.870. The van der Waals surface area contributed by atoms with Gasteiger partial charge in [0.25, 0.3) is 0 Å². The van der Waals surface area contributed by atoms with E-state index in [1.807, 2.05) is 24.3 Å². The lowest BCUT2D eigenvalue weighted by atomic mass is 10.0. The average molecular weight is 323 g/mol. The van der Waals surface area contributed by atoms with E-state index in [-0.39, 0.29) is 5.92 Å². The van der Waals surface area contributed by atoms with Crippen molar-refractivity contribution in [2.24, 2.45) is 0 Å². The molecule has 1 N–H and O–H groups in total. The molecule has 0 heterocycles. The van der Waals surface area contributed by atoms with E-state index in [9.17, 15) is 9.67 Å². The molecule has 96 valence electrons. The van der Waals surface area contributed by atoms with Crippen LogP contribution in [0.2, 0.25) is 0 Å². The predicted molar refractivity (Wildman–Crippen MR) is 70.2 cm³/mol. The molecule has 1 rings (SSSR count). The highest BCUT2D eigenvalue weighted by Gasteiger charge is 2.37. The van der Waals surface area contributed by atoms with Gasteiger partial charge in [0.15, 0.2) is 5.85 Å². The molecular weight excluding hydrogens is 307 g/mol. The molecule has 0 aliphatic rings. The van der Waals surface area contributed by atoms with Gasteiger partial charge < -0.3 is 14.2 Å². The third-order valence-electron chi connectivity index (χ3n) is 2.68. The third kappa shape index (κ3) is 3.39. The van der Waals surface area contributed by atoms with Crippen molar-refractivity contribution in [2.75, 3.05) is 14.2 Å². The van der Waals surface area contributed by atoms with Crippen molar-refractivity contribution in [3.63, 3.8) is 0 Å². The molecule has 0 saturated carbocycles. The molecule has 0 fully saturated rings. The van der Waals surface area contributed by atoms with E-state index in [0.29, 0.717) is 0 Å². The molecule has 0 radical (unpaired) electrons. The van der Waals surface area contributed by atoms with Gasteiger partial charge in [-0.15, -0.1) is 0 Å². The van der Waals surface area contributed by atoms with Crippen molar-refractivity contribution in [1.82, 2.24) is 0 Å². The second-order valence-electron chi connectivity index (χ2n) is 3.66. The summed E-state index contributed by atoms with van der Waals surface area (Å²) in [6, 6.07) is 7.44. The van der Waals surface area contributed by atoms with Crippen LogP contribution in [0.5, 0.6) is 0 Å². The van der Waals surface area contributed by atoms with Gasteiger partial charge in [-0.25, -0.2) is 0 Å². The predicted octanol–water partition coefficient (Wildman–Crippen LogP) is 3.36. The zero-order valence-corrected chi connectivity index (χ0v) is 12.4. The molecule has 17 heavy (non-hydrogen) atoms. The summed E-state index contributed by atoms with van der Waals surface area (Å²) in [6.45, 7) is 1.78. The minimum atomic E-state index is -3.46. The van der Waals surface area contributed by atoms with Gasteiger partial charge in [0.2, 0.25) is 0 Å². The highest BCUT2D eigenvalue weighted by molar-refractivity contribution is 9.10. The molecule has 2 atom stereocenters. The molecule has 1 aromatic rings. The molecule has 0 unspecified atom stereocenters. The molecule has 4 nitrogen and oxygen atoms in total. The fourth-order valence-corrected chi connectivity index (χ4v) is 3.07. The molecule has 0 spiro atoms. The number of aliphatic hydroxyl groups excluding tert-OH is 1. The normalized spacial score (nSPS) is 15.6. The maximum absolute atomic E-state index is 12.0. The highest BCUT2D eigenvalue weighted by atomic mass is 79.9. The Kier molecular flexibility index (Phi) is 5.35. The van der Waals surface area contributed by atoms with E-state index < -0.39 is 13.4 Å². The van der Waals surface area contributed by atoms with Crippen LogP contribution in [0.3, 0.4) is 0 Å². The molecule has 6 heteroatoms. The van der Waals surface area contributed by atoms with Crippen LogP contribution in [-0.4, -0.2) is 25.2 Å². The van der Waals surface area contributed by atoms with Crippen molar-refractivity contribution >= 4 is 23.5 Å². The molecule has 0 bridgehead atoms. The molecule has 0 saturated heterocycles. The van der Waals surface area contributed by atoms with E-state index in [2.05, 4.69) is 15.9 Å². The van der Waals surface area contributed by atoms with Crippen LogP contribution >= 0.6 is 23.5 Å². The van der Waals surface area contributed by atoms with E-state index >= 15 is 0 Å². The lowest BCUT2D eigenvalue weighted by molar-refractivity contribution is 0.158. The SMILES string of the molecule is COP(=O)(OC)[C@@H](O)[C@H](C)c1ccc(Br)cc1. The molecule has 0 aliphatic carbocycles. The summed E-state index contributed by atoms with van der Waals surface area (Å²) < 4.78 is 22.6. The van der Waals surface area contributed by atoms with Gasteiger partial charge >= 0.3 is 7.60 Å². The first kappa shape index (κ1) is 14.9. The van der Waals surface area contributed by atoms with Crippen LogP contribution in [0.15, 0.2) is 28.7 Å². The third-order valence-corrected chi connectivity index (χ3v) is 5.32. The van der Waals surface area contributed by atoms with Crippen molar-refractivity contribution in [3.05, 3.63) is 34.3 Å². The second kappa shape index (κ2) is 6.12. The smallest absolute Gasteiger partial charge is 0.358 e. The number of hydrogen-bond donors (Lipinski definition) is 1. The molecule has 0 aromatic heterocycles. The molecule has 1 aromatic carbocycles. The first-order valence-electron chi connectivity index (χ1n) is 5.09. The topological polar surface area (TPSA) is 55.8 Å². The Morgan fingerprint density at radius 2 is 1.71 bits per heavy atom. The van der Waals surface area contributed by atoms with Crippen LogP contribution in [0.25, 0.3) is 0 Å². The number of benzene rings is 1. The van der Waals surface area contributed by atoms with Crippen molar-refractivity contribution in [2.45, 2.75) is 18.7 Å². The number of hydrogen-bond acceptors (Lipinski definition) is 4. The van der Waals surface area contributed by atoms with Crippen LogP contribution in [-0.2, 0) is 13.6 Å². The van der Waals surface area contributed by atoms with Gasteiger partial charge in [0.1, 0.15) is 0 Å². The lowest BCUT2D eigenvalue weighted by Gasteiger charge is -2.25. The first-order chi connectivity index (χ1) is 7.94. The Balaban J connectivity index is 2.93. The Hall–Kier alpha value is -0.190. The average Bonchev–Trinajstić information content (AvgIpc) is 2.37. The van der Waals surface area contributed by atoms with Crippen molar-refractivity contribution < 1.29 is 18.7 Å². The number of aliphatic hydroxyl groups is 1. The van der Waals surface area contributed by atoms with Gasteiger partial charge in [-0.05, 0) is 17.7 Å². The van der Waals surface area contributed by atoms with Crippen LogP contribution in [0.4, 0.5) is 0 Å². The zero-order chi connectivity index (χ0) is 13.1. The molecular formula is C11H16BrO4P. The highest BCUT2D eigenvalue weighted by Crippen LogP contribution is 2.54. The van der Waals surface area contributed by atoms with Crippen LogP contribution in [0, 0.1) is 0 Å². The summed E-state index contributed by atoms with van der Waals surface area (Å²) in [5, 5.41) is 10.0. The largest absolute Gasteiger partial charge is 0.380 e. The summed E-state index contributed by atoms with van der Waals surface area (Å²) >= 11 is 3.33. The minimum absolute atomic E-state index is 0.339. The fourth-order valence-electron chi connectivity index (χ4n) is 1.50. The van der Waals surface area contributed by atoms with Gasteiger partial charge in [-0.1, -0.05) is 35.0 Å². The summed E-state index contributed by atoms with van der Waals surface area (Å²) in [4.78, 5) is 0. The molecule has 0 amide bonds. The fraction of sp³-hybridized carbons (Fsp3) is 0.455. The second-order valence-corrected chi connectivity index (χ2v) is 6.91. The van der Waals surface area contributed by atoms with E-state index in [0.717, 1.165) is 10.0 Å². The number of rotatable bonds is 5. The van der Waals surface area contributed by atoms with Crippen molar-refractivity contribution in [3.8, 4) is 0 Å². The summed E-state index contributed by atoms with van der Waals surface area (Å²) in [6.07, 6.45) is 0. The van der Waals surface area contributed by atoms with E-state index in [1.54, 1.807) is 6.92 Å². The summed E-state index contributed by atoms with van der Waals surface area (Å²) in [5.74, 6) is -1.52. The minimum Gasteiger partial charge on any atom is -0.380 e. The van der Waals surface area contributed by atoms with Crippen LogP contribution in [0.1, 0.15) is 18.4 Å². The monoisotopic (exact) mass is 322 g/mol. The van der Waals surface area contributed by atoms with Crippen LogP contribution < -0.4 is 0 Å². The zero-order valence-electron chi connectivity index (χ0n) is 9.96. The van der Waals surface area contributed by atoms with Gasteiger partial charge in [0, 0.05) is 24.6 Å². The van der Waals surface area contributed by atoms with Gasteiger partial charge in [-0.2, -0.15) is 0 Å². The molecule has 0 aliphatic heterocycles. The Morgan fingerprint density at radius 1 is 1.24 bits per heavy atom. The Labute approximate surface area is 110 Å². The van der Waals surface area contributed by atoms with Crippen molar-refractivity contribution in [1.29, 1.82) is 0 Å².